The molecule has 0 heterocycles. The molecule has 0 amide bonds. The standard InChI is InChI=1S/C12H13NO3.C10H11NO2.C10H12O.3C2H6/c1-8-6-4-5-7-11(8)12(9(2)14)13-16-10(3)15;1-7-5-3-4-6-9(7)10(11-13)8(2)12;1-8-5-3-4-6-10(8)7-9(2)11;3*1-2/h4-7H,1-3H3;3-6,13H,1-2H3;3-6H,7H2,1-2H3;3*1-2H3/b13-12-;11-10-;;;;. The third-order valence-corrected chi connectivity index (χ3v) is 5.53. The number of nitrogens with zero attached hydrogens (tertiary/aromatic N) is 2. The molecule has 0 fully saturated rings. The molecular weight excluding hydrogens is 580 g/mol. The molecule has 0 aliphatic rings. The fourth-order valence-electron chi connectivity index (χ4n) is 3.48. The van der Waals surface area contributed by atoms with Crippen LogP contribution in [0.2, 0.25) is 0 Å². The second-order valence-electron chi connectivity index (χ2n) is 9.02. The molecule has 46 heavy (non-hydrogen) atoms. The molecule has 0 aromatic heterocycles. The van der Waals surface area contributed by atoms with Gasteiger partial charge in [-0.2, -0.15) is 0 Å². The minimum absolute atomic E-state index is 0.109. The zero-order valence-corrected chi connectivity index (χ0v) is 30.0. The Morgan fingerprint density at radius 3 is 1.28 bits per heavy atom. The summed E-state index contributed by atoms with van der Waals surface area (Å²) in [6, 6.07) is 22.6. The second kappa shape index (κ2) is 27.8. The Morgan fingerprint density at radius 1 is 0.587 bits per heavy atom. The molecule has 0 spiro atoms. The van der Waals surface area contributed by atoms with Gasteiger partial charge in [0.05, 0.1) is 0 Å². The Balaban J connectivity index is -0.000000563. The van der Waals surface area contributed by atoms with Crippen molar-refractivity contribution < 1.29 is 29.2 Å². The number of hydrogen-bond acceptors (Lipinski definition) is 8. The molecule has 3 aromatic carbocycles. The lowest BCUT2D eigenvalue weighted by molar-refractivity contribution is -0.141. The molecule has 0 saturated heterocycles. The van der Waals surface area contributed by atoms with E-state index in [4.69, 9.17) is 5.21 Å². The molecule has 252 valence electrons. The first-order chi connectivity index (χ1) is 21.9. The summed E-state index contributed by atoms with van der Waals surface area (Å²) >= 11 is 0. The van der Waals surface area contributed by atoms with Crippen LogP contribution < -0.4 is 0 Å². The van der Waals surface area contributed by atoms with Crippen molar-refractivity contribution >= 4 is 34.7 Å². The minimum atomic E-state index is -0.549. The molecule has 0 radical (unpaired) electrons. The third-order valence-electron chi connectivity index (χ3n) is 5.53. The zero-order valence-electron chi connectivity index (χ0n) is 30.0. The van der Waals surface area contributed by atoms with Crippen LogP contribution in [0.4, 0.5) is 0 Å². The Bertz CT molecular complexity index is 1410. The number of benzene rings is 3. The summed E-state index contributed by atoms with van der Waals surface area (Å²) in [7, 11) is 0. The van der Waals surface area contributed by atoms with Crippen LogP contribution in [0.5, 0.6) is 0 Å². The van der Waals surface area contributed by atoms with Gasteiger partial charge in [-0.15, -0.1) is 0 Å². The number of Topliss-reactive ketones (excluding diaryl/α,β-unsaturated/α-hetero) is 3. The zero-order chi connectivity index (χ0) is 36.2. The predicted octanol–water partition coefficient (Wildman–Crippen LogP) is 8.82. The van der Waals surface area contributed by atoms with Gasteiger partial charge in [-0.1, -0.05) is 125 Å². The summed E-state index contributed by atoms with van der Waals surface area (Å²) in [5, 5.41) is 15.2. The molecule has 0 aliphatic heterocycles. The van der Waals surface area contributed by atoms with Gasteiger partial charge >= 0.3 is 5.97 Å². The van der Waals surface area contributed by atoms with Crippen LogP contribution in [0.15, 0.2) is 83.1 Å². The normalized spacial score (nSPS) is 9.76. The Morgan fingerprint density at radius 2 is 0.957 bits per heavy atom. The fourth-order valence-corrected chi connectivity index (χ4v) is 3.48. The Labute approximate surface area is 276 Å². The molecule has 3 rings (SSSR count). The summed E-state index contributed by atoms with van der Waals surface area (Å²) < 4.78 is 0. The number of rotatable bonds is 7. The highest BCUT2D eigenvalue weighted by atomic mass is 16.7. The largest absolute Gasteiger partial charge is 0.410 e. The second-order valence-corrected chi connectivity index (χ2v) is 9.02. The van der Waals surface area contributed by atoms with Crippen molar-refractivity contribution in [2.24, 2.45) is 10.3 Å². The van der Waals surface area contributed by atoms with E-state index in [2.05, 4.69) is 15.1 Å². The average Bonchev–Trinajstić information content (AvgIpc) is 3.03. The highest BCUT2D eigenvalue weighted by Gasteiger charge is 2.13. The van der Waals surface area contributed by atoms with Gasteiger partial charge in [0.15, 0.2) is 23.0 Å². The monoisotopic (exact) mass is 634 g/mol. The number of carbonyl (C=O) groups is 4. The van der Waals surface area contributed by atoms with Crippen LogP contribution in [-0.2, 0) is 30.4 Å². The lowest BCUT2D eigenvalue weighted by atomic mass is 10.0. The molecule has 0 saturated carbocycles. The molecule has 8 nitrogen and oxygen atoms in total. The number of carbonyl (C=O) groups excluding carboxylic acids is 4. The predicted molar refractivity (Wildman–Crippen MR) is 190 cm³/mol. The van der Waals surface area contributed by atoms with Gasteiger partial charge in [-0.25, -0.2) is 4.79 Å². The van der Waals surface area contributed by atoms with Gasteiger partial charge in [-0.05, 0) is 49.9 Å². The third kappa shape index (κ3) is 18.8. The summed E-state index contributed by atoms with van der Waals surface area (Å²) in [6.45, 7) is 23.4. The van der Waals surface area contributed by atoms with Crippen molar-refractivity contribution in [2.45, 2.75) is 96.4 Å². The first-order valence-corrected chi connectivity index (χ1v) is 15.5. The Kier molecular flexibility index (Phi) is 27.6. The lowest BCUT2D eigenvalue weighted by Gasteiger charge is -2.05. The highest BCUT2D eigenvalue weighted by molar-refractivity contribution is 6.46. The summed E-state index contributed by atoms with van der Waals surface area (Å²) in [4.78, 5) is 48.3. The van der Waals surface area contributed by atoms with Crippen molar-refractivity contribution in [3.63, 3.8) is 0 Å². The number of oxime groups is 2. The van der Waals surface area contributed by atoms with Crippen molar-refractivity contribution in [1.29, 1.82) is 0 Å². The van der Waals surface area contributed by atoms with Gasteiger partial charge < -0.3 is 10.0 Å². The fraction of sp³-hybridized carbons (Fsp3) is 0.368. The minimum Gasteiger partial charge on any atom is -0.410 e. The van der Waals surface area contributed by atoms with Crippen molar-refractivity contribution in [1.82, 2.24) is 0 Å². The molecule has 0 bridgehead atoms. The van der Waals surface area contributed by atoms with Gasteiger partial charge in [0.1, 0.15) is 5.78 Å². The van der Waals surface area contributed by atoms with E-state index in [0.717, 1.165) is 16.7 Å². The first-order valence-electron chi connectivity index (χ1n) is 15.5. The summed E-state index contributed by atoms with van der Waals surface area (Å²) in [5.74, 6) is -0.806. The van der Waals surface area contributed by atoms with Gasteiger partial charge in [0, 0.05) is 38.3 Å². The molecule has 1 N–H and O–H groups in total. The smallest absolute Gasteiger partial charge is 0.332 e. The Hall–Kier alpha value is -4.72. The van der Waals surface area contributed by atoms with Gasteiger partial charge in [0.2, 0.25) is 0 Å². The maximum absolute atomic E-state index is 11.4. The maximum Gasteiger partial charge on any atom is 0.332 e. The van der Waals surface area contributed by atoms with E-state index in [1.807, 2.05) is 111 Å². The molecule has 0 aliphatic carbocycles. The lowest BCUT2D eigenvalue weighted by Crippen LogP contribution is -2.14. The van der Waals surface area contributed by atoms with Crippen molar-refractivity contribution in [3.8, 4) is 0 Å². The van der Waals surface area contributed by atoms with Crippen LogP contribution in [0.3, 0.4) is 0 Å². The number of ketones is 3. The maximum atomic E-state index is 11.4. The van der Waals surface area contributed by atoms with E-state index in [9.17, 15) is 19.2 Å². The van der Waals surface area contributed by atoms with Crippen LogP contribution >= 0.6 is 0 Å². The molecule has 8 heteroatoms. The number of aryl methyl sites for hydroxylation is 3. The van der Waals surface area contributed by atoms with Crippen molar-refractivity contribution in [2.75, 3.05) is 0 Å². The van der Waals surface area contributed by atoms with Crippen LogP contribution in [0.25, 0.3) is 0 Å². The van der Waals surface area contributed by atoms with Crippen LogP contribution in [-0.4, -0.2) is 39.9 Å². The number of hydrogen-bond donors (Lipinski definition) is 1. The SMILES string of the molecule is CC.CC.CC.CC(=O)/C(=N/O)c1ccccc1C.CC(=O)Cc1ccccc1C.CC(=O)O/N=C(/C(C)=O)c1ccccc1C. The highest BCUT2D eigenvalue weighted by Crippen LogP contribution is 2.11. The first kappa shape index (κ1) is 45.7. The van der Waals surface area contributed by atoms with Crippen LogP contribution in [0.1, 0.15) is 103 Å². The molecule has 0 unspecified atom stereocenters. The average molecular weight is 635 g/mol. The molecule has 0 atom stereocenters. The van der Waals surface area contributed by atoms with Crippen LogP contribution in [0, 0.1) is 20.8 Å². The molecule has 3 aromatic rings. The van der Waals surface area contributed by atoms with E-state index in [1.54, 1.807) is 31.2 Å². The van der Waals surface area contributed by atoms with Gasteiger partial charge in [0.25, 0.3) is 0 Å². The van der Waals surface area contributed by atoms with E-state index in [-0.39, 0.29) is 28.8 Å². The quantitative estimate of drug-likeness (QED) is 0.120. The molecular formula is C38H54N2O6. The topological polar surface area (TPSA) is 122 Å². The van der Waals surface area contributed by atoms with Crippen molar-refractivity contribution in [3.05, 3.63) is 106 Å². The van der Waals surface area contributed by atoms with E-state index in [0.29, 0.717) is 17.5 Å². The van der Waals surface area contributed by atoms with E-state index in [1.165, 1.54) is 26.3 Å². The summed E-state index contributed by atoms with van der Waals surface area (Å²) in [6.07, 6.45) is 0.562. The summed E-state index contributed by atoms with van der Waals surface area (Å²) in [5.41, 5.74) is 5.79. The van der Waals surface area contributed by atoms with E-state index < -0.39 is 5.97 Å². The van der Waals surface area contributed by atoms with Gasteiger partial charge in [-0.3, -0.25) is 14.4 Å². The van der Waals surface area contributed by atoms with E-state index >= 15 is 0 Å².